The van der Waals surface area contributed by atoms with Crippen LogP contribution in [0.15, 0.2) is 36.5 Å². The van der Waals surface area contributed by atoms with E-state index in [-0.39, 0.29) is 12.4 Å². The average molecular weight is 270 g/mol. The van der Waals surface area contributed by atoms with Crippen molar-refractivity contribution in [1.82, 2.24) is 9.97 Å². The van der Waals surface area contributed by atoms with Crippen LogP contribution in [-0.4, -0.2) is 15.1 Å². The Kier molecular flexibility index (Phi) is 3.66. The first-order valence-corrected chi connectivity index (χ1v) is 5.27. The molecule has 7 heteroatoms. The highest BCUT2D eigenvalue weighted by atomic mass is 19.4. The van der Waals surface area contributed by atoms with Crippen molar-refractivity contribution in [2.24, 2.45) is 0 Å². The number of hydrogen-bond donors (Lipinski definition) is 1. The summed E-state index contributed by atoms with van der Waals surface area (Å²) in [6, 6.07) is 6.64. The van der Waals surface area contributed by atoms with Gasteiger partial charge in [-0.25, -0.2) is 4.98 Å². The summed E-state index contributed by atoms with van der Waals surface area (Å²) in [5.41, 5.74) is -0.500. The van der Waals surface area contributed by atoms with E-state index in [2.05, 4.69) is 9.97 Å². The van der Waals surface area contributed by atoms with Crippen LogP contribution < -0.4 is 4.74 Å². The van der Waals surface area contributed by atoms with Crippen LogP contribution in [0.5, 0.6) is 11.8 Å². The van der Waals surface area contributed by atoms with E-state index in [1.807, 2.05) is 0 Å². The van der Waals surface area contributed by atoms with E-state index in [0.717, 1.165) is 12.3 Å². The zero-order chi connectivity index (χ0) is 13.9. The summed E-state index contributed by atoms with van der Waals surface area (Å²) >= 11 is 0. The first kappa shape index (κ1) is 13.3. The molecule has 0 spiro atoms. The summed E-state index contributed by atoms with van der Waals surface area (Å²) < 4.78 is 42.5. The topological polar surface area (TPSA) is 55.2 Å². The van der Waals surface area contributed by atoms with Gasteiger partial charge >= 0.3 is 12.2 Å². The van der Waals surface area contributed by atoms with Gasteiger partial charge < -0.3 is 9.84 Å². The summed E-state index contributed by atoms with van der Waals surface area (Å²) in [7, 11) is 0. The number of aliphatic hydroxyl groups is 1. The lowest BCUT2D eigenvalue weighted by Crippen LogP contribution is -2.08. The third-order valence-corrected chi connectivity index (χ3v) is 2.21. The Hall–Kier alpha value is -2.15. The molecular weight excluding hydrogens is 261 g/mol. The number of rotatable bonds is 3. The average Bonchev–Trinajstić information content (AvgIpc) is 2.38. The quantitative estimate of drug-likeness (QED) is 0.931. The zero-order valence-electron chi connectivity index (χ0n) is 9.55. The fourth-order valence-electron chi connectivity index (χ4n) is 1.36. The van der Waals surface area contributed by atoms with Crippen LogP contribution in [-0.2, 0) is 12.8 Å². The van der Waals surface area contributed by atoms with Crippen molar-refractivity contribution in [1.29, 1.82) is 0 Å². The molecule has 0 aliphatic heterocycles. The highest BCUT2D eigenvalue weighted by Crippen LogP contribution is 2.28. The molecule has 0 saturated carbocycles. The Morgan fingerprint density at radius 2 is 2.00 bits per heavy atom. The fourth-order valence-corrected chi connectivity index (χ4v) is 1.36. The molecule has 1 aromatic heterocycles. The molecule has 0 aliphatic rings. The molecule has 0 unspecified atom stereocenters. The van der Waals surface area contributed by atoms with E-state index in [0.29, 0.717) is 5.56 Å². The summed E-state index contributed by atoms with van der Waals surface area (Å²) in [6.45, 7) is -0.194. The van der Waals surface area contributed by atoms with Gasteiger partial charge in [0.15, 0.2) is 5.69 Å². The van der Waals surface area contributed by atoms with E-state index in [1.165, 1.54) is 12.1 Å². The molecule has 0 atom stereocenters. The predicted molar refractivity (Wildman–Crippen MR) is 59.5 cm³/mol. The maximum Gasteiger partial charge on any atom is 0.433 e. The summed E-state index contributed by atoms with van der Waals surface area (Å²) in [5, 5.41) is 8.94. The second-order valence-electron chi connectivity index (χ2n) is 3.63. The second-order valence-corrected chi connectivity index (χ2v) is 3.63. The molecule has 1 heterocycles. The third-order valence-electron chi connectivity index (χ3n) is 2.21. The minimum Gasteiger partial charge on any atom is -0.424 e. The van der Waals surface area contributed by atoms with Gasteiger partial charge in [-0.3, -0.25) is 0 Å². The number of hydrogen-bond acceptors (Lipinski definition) is 4. The van der Waals surface area contributed by atoms with Crippen LogP contribution in [0.2, 0.25) is 0 Å². The molecule has 0 bridgehead atoms. The van der Waals surface area contributed by atoms with Crippen molar-refractivity contribution in [3.8, 4) is 11.8 Å². The number of benzene rings is 1. The lowest BCUT2D eigenvalue weighted by Gasteiger charge is -2.08. The second kappa shape index (κ2) is 5.23. The van der Waals surface area contributed by atoms with Gasteiger partial charge in [-0.05, 0) is 23.8 Å². The van der Waals surface area contributed by atoms with Gasteiger partial charge in [-0.1, -0.05) is 12.1 Å². The number of ether oxygens (including phenoxy) is 1. The van der Waals surface area contributed by atoms with Gasteiger partial charge in [-0.15, -0.1) is 0 Å². The Morgan fingerprint density at radius 3 is 2.68 bits per heavy atom. The number of halogens is 3. The molecule has 2 rings (SSSR count). The molecule has 1 aromatic carbocycles. The molecular formula is C12H9F3N2O2. The van der Waals surface area contributed by atoms with Gasteiger partial charge in [-0.2, -0.15) is 18.2 Å². The van der Waals surface area contributed by atoms with Crippen molar-refractivity contribution >= 4 is 0 Å². The van der Waals surface area contributed by atoms with Gasteiger partial charge in [0, 0.05) is 6.20 Å². The molecule has 2 aromatic rings. The third kappa shape index (κ3) is 3.41. The minimum absolute atomic E-state index is 0.194. The van der Waals surface area contributed by atoms with Gasteiger partial charge in [0.2, 0.25) is 0 Å². The first-order valence-electron chi connectivity index (χ1n) is 5.27. The van der Waals surface area contributed by atoms with Gasteiger partial charge in [0.1, 0.15) is 5.75 Å². The smallest absolute Gasteiger partial charge is 0.424 e. The standard InChI is InChI=1S/C12H9F3N2O2/c13-12(14,15)10-4-5-16-11(17-10)19-9-3-1-2-8(6-9)7-18/h1-6,18H,7H2. The van der Waals surface area contributed by atoms with E-state index >= 15 is 0 Å². The number of aromatic nitrogens is 2. The van der Waals surface area contributed by atoms with E-state index < -0.39 is 17.9 Å². The molecule has 0 radical (unpaired) electrons. The summed E-state index contributed by atoms with van der Waals surface area (Å²) in [4.78, 5) is 6.88. The molecule has 19 heavy (non-hydrogen) atoms. The lowest BCUT2D eigenvalue weighted by atomic mass is 10.2. The van der Waals surface area contributed by atoms with Crippen LogP contribution >= 0.6 is 0 Å². The van der Waals surface area contributed by atoms with Crippen LogP contribution in [0.4, 0.5) is 13.2 Å². The van der Waals surface area contributed by atoms with Crippen LogP contribution in [0.3, 0.4) is 0 Å². The lowest BCUT2D eigenvalue weighted by molar-refractivity contribution is -0.141. The van der Waals surface area contributed by atoms with Crippen molar-refractivity contribution in [2.75, 3.05) is 0 Å². The molecule has 1 N–H and O–H groups in total. The van der Waals surface area contributed by atoms with Crippen LogP contribution in [0.25, 0.3) is 0 Å². The minimum atomic E-state index is -4.55. The predicted octanol–water partition coefficient (Wildman–Crippen LogP) is 2.78. The monoisotopic (exact) mass is 270 g/mol. The van der Waals surface area contributed by atoms with Crippen molar-refractivity contribution in [2.45, 2.75) is 12.8 Å². The fraction of sp³-hybridized carbons (Fsp3) is 0.167. The van der Waals surface area contributed by atoms with Crippen LogP contribution in [0, 0.1) is 0 Å². The molecule has 4 nitrogen and oxygen atoms in total. The Bertz CT molecular complexity index is 573. The van der Waals surface area contributed by atoms with Crippen molar-refractivity contribution in [3.05, 3.63) is 47.8 Å². The van der Waals surface area contributed by atoms with E-state index in [1.54, 1.807) is 12.1 Å². The largest absolute Gasteiger partial charge is 0.433 e. The number of alkyl halides is 3. The van der Waals surface area contributed by atoms with E-state index in [4.69, 9.17) is 9.84 Å². The van der Waals surface area contributed by atoms with E-state index in [9.17, 15) is 13.2 Å². The maximum atomic E-state index is 12.4. The normalized spacial score (nSPS) is 11.4. The molecule has 100 valence electrons. The number of nitrogens with zero attached hydrogens (tertiary/aromatic N) is 2. The van der Waals surface area contributed by atoms with Crippen molar-refractivity contribution in [3.63, 3.8) is 0 Å². The maximum absolute atomic E-state index is 12.4. The Morgan fingerprint density at radius 1 is 1.21 bits per heavy atom. The summed E-state index contributed by atoms with van der Waals surface area (Å²) in [5.74, 6) is 0.255. The Labute approximate surface area is 106 Å². The van der Waals surface area contributed by atoms with Gasteiger partial charge in [0.05, 0.1) is 6.61 Å². The number of aliphatic hydroxyl groups excluding tert-OH is 1. The highest BCUT2D eigenvalue weighted by Gasteiger charge is 2.33. The van der Waals surface area contributed by atoms with Crippen molar-refractivity contribution < 1.29 is 23.0 Å². The first-order chi connectivity index (χ1) is 8.99. The molecule has 0 saturated heterocycles. The SMILES string of the molecule is OCc1cccc(Oc2nccc(C(F)(F)F)n2)c1. The zero-order valence-corrected chi connectivity index (χ0v) is 9.55. The summed E-state index contributed by atoms with van der Waals surface area (Å²) in [6.07, 6.45) is -3.57. The molecule has 0 aliphatic carbocycles. The Balaban J connectivity index is 2.23. The highest BCUT2D eigenvalue weighted by molar-refractivity contribution is 5.30. The molecule has 0 amide bonds. The molecule has 0 fully saturated rings. The van der Waals surface area contributed by atoms with Gasteiger partial charge in [0.25, 0.3) is 0 Å². The van der Waals surface area contributed by atoms with Crippen LogP contribution in [0.1, 0.15) is 11.3 Å².